The van der Waals surface area contributed by atoms with E-state index in [0.717, 1.165) is 6.42 Å². The monoisotopic (exact) mass is 435 g/mol. The van der Waals surface area contributed by atoms with Gasteiger partial charge in [0.15, 0.2) is 0 Å². The van der Waals surface area contributed by atoms with Crippen molar-refractivity contribution in [2.75, 3.05) is 29.2 Å². The minimum Gasteiger partial charge on any atom is -0.494 e. The SMILES string of the molecule is COc1cc(NC(=O)c2cccc(NC(=O)c3cccs3)c2)ccc1N1CCCC1=O. The molecule has 0 spiro atoms. The normalized spacial score (nSPS) is 13.2. The highest BCUT2D eigenvalue weighted by Crippen LogP contribution is 2.34. The van der Waals surface area contributed by atoms with Crippen LogP contribution in [0.25, 0.3) is 0 Å². The molecule has 7 nitrogen and oxygen atoms in total. The number of carbonyl (C=O) groups is 3. The lowest BCUT2D eigenvalue weighted by Crippen LogP contribution is -2.24. The van der Waals surface area contributed by atoms with Gasteiger partial charge >= 0.3 is 0 Å². The molecule has 0 radical (unpaired) electrons. The summed E-state index contributed by atoms with van der Waals surface area (Å²) in [4.78, 5) is 39.3. The zero-order valence-electron chi connectivity index (χ0n) is 16.9. The van der Waals surface area contributed by atoms with Gasteiger partial charge in [-0.3, -0.25) is 14.4 Å². The Morgan fingerprint density at radius 2 is 1.81 bits per heavy atom. The molecule has 31 heavy (non-hydrogen) atoms. The Hall–Kier alpha value is -3.65. The molecule has 0 aliphatic carbocycles. The lowest BCUT2D eigenvalue weighted by Gasteiger charge is -2.19. The molecule has 3 amide bonds. The molecule has 1 aliphatic heterocycles. The van der Waals surface area contributed by atoms with E-state index in [1.165, 1.54) is 18.4 Å². The summed E-state index contributed by atoms with van der Waals surface area (Å²) in [5, 5.41) is 7.47. The quantitative estimate of drug-likeness (QED) is 0.601. The number of anilines is 3. The Kier molecular flexibility index (Phi) is 5.99. The van der Waals surface area contributed by atoms with Crippen molar-refractivity contribution in [2.24, 2.45) is 0 Å². The number of nitrogens with zero attached hydrogens (tertiary/aromatic N) is 1. The third-order valence-corrected chi connectivity index (χ3v) is 5.80. The molecule has 0 saturated carbocycles. The summed E-state index contributed by atoms with van der Waals surface area (Å²) in [6.45, 7) is 0.658. The Morgan fingerprint density at radius 3 is 2.52 bits per heavy atom. The van der Waals surface area contributed by atoms with E-state index in [-0.39, 0.29) is 17.7 Å². The molecule has 8 heteroatoms. The van der Waals surface area contributed by atoms with Gasteiger partial charge in [0.25, 0.3) is 11.8 Å². The van der Waals surface area contributed by atoms with Crippen molar-refractivity contribution in [3.8, 4) is 5.75 Å². The number of hydrogen-bond acceptors (Lipinski definition) is 5. The molecule has 1 aromatic heterocycles. The second-order valence-electron chi connectivity index (χ2n) is 7.00. The lowest BCUT2D eigenvalue weighted by molar-refractivity contribution is -0.117. The molecule has 2 N–H and O–H groups in total. The number of ether oxygens (including phenoxy) is 1. The fourth-order valence-electron chi connectivity index (χ4n) is 3.42. The van der Waals surface area contributed by atoms with E-state index in [1.807, 2.05) is 11.4 Å². The molecule has 0 bridgehead atoms. The first-order valence-electron chi connectivity index (χ1n) is 9.80. The van der Waals surface area contributed by atoms with Gasteiger partial charge in [0.2, 0.25) is 5.91 Å². The van der Waals surface area contributed by atoms with Crippen LogP contribution < -0.4 is 20.3 Å². The van der Waals surface area contributed by atoms with Crippen molar-refractivity contribution in [3.63, 3.8) is 0 Å². The third kappa shape index (κ3) is 4.59. The Morgan fingerprint density at radius 1 is 1.00 bits per heavy atom. The van der Waals surface area contributed by atoms with E-state index in [2.05, 4.69) is 10.6 Å². The van der Waals surface area contributed by atoms with Gasteiger partial charge in [0, 0.05) is 36.0 Å². The predicted octanol–water partition coefficient (Wildman–Crippen LogP) is 4.39. The summed E-state index contributed by atoms with van der Waals surface area (Å²) in [5.41, 5.74) is 2.18. The second kappa shape index (κ2) is 9.01. The summed E-state index contributed by atoms with van der Waals surface area (Å²) < 4.78 is 5.44. The van der Waals surface area contributed by atoms with Crippen LogP contribution in [0.1, 0.15) is 32.9 Å². The van der Waals surface area contributed by atoms with Crippen LogP contribution in [0.5, 0.6) is 5.75 Å². The van der Waals surface area contributed by atoms with Gasteiger partial charge in [-0.2, -0.15) is 0 Å². The van der Waals surface area contributed by atoms with Crippen molar-refractivity contribution < 1.29 is 19.1 Å². The molecule has 158 valence electrons. The Labute approximate surface area is 183 Å². The summed E-state index contributed by atoms with van der Waals surface area (Å²) in [5.74, 6) is 0.0464. The fourth-order valence-corrected chi connectivity index (χ4v) is 4.04. The minimum absolute atomic E-state index is 0.0662. The molecular formula is C23H21N3O4S. The van der Waals surface area contributed by atoms with Gasteiger partial charge in [-0.15, -0.1) is 11.3 Å². The molecule has 0 unspecified atom stereocenters. The largest absolute Gasteiger partial charge is 0.494 e. The number of benzene rings is 2. The van der Waals surface area contributed by atoms with Crippen molar-refractivity contribution in [3.05, 3.63) is 70.4 Å². The number of hydrogen-bond donors (Lipinski definition) is 2. The smallest absolute Gasteiger partial charge is 0.265 e. The topological polar surface area (TPSA) is 87.7 Å². The first-order valence-corrected chi connectivity index (χ1v) is 10.7. The molecule has 2 aromatic carbocycles. The number of rotatable bonds is 6. The van der Waals surface area contributed by atoms with Crippen LogP contribution in [0.15, 0.2) is 60.0 Å². The molecule has 2 heterocycles. The highest BCUT2D eigenvalue weighted by atomic mass is 32.1. The molecule has 4 rings (SSSR count). The molecule has 1 aliphatic rings. The van der Waals surface area contributed by atoms with Gasteiger partial charge in [0.05, 0.1) is 17.7 Å². The van der Waals surface area contributed by atoms with Crippen LogP contribution >= 0.6 is 11.3 Å². The first-order chi connectivity index (χ1) is 15.0. The highest BCUT2D eigenvalue weighted by Gasteiger charge is 2.24. The number of thiophene rings is 1. The van der Waals surface area contributed by atoms with Crippen LogP contribution in [0.4, 0.5) is 17.1 Å². The lowest BCUT2D eigenvalue weighted by atomic mass is 10.1. The van der Waals surface area contributed by atoms with Crippen molar-refractivity contribution in [1.29, 1.82) is 0 Å². The zero-order chi connectivity index (χ0) is 21.8. The Bertz CT molecular complexity index is 1130. The molecule has 0 atom stereocenters. The van der Waals surface area contributed by atoms with E-state index in [4.69, 9.17) is 4.74 Å². The van der Waals surface area contributed by atoms with Gasteiger partial charge in [0.1, 0.15) is 5.75 Å². The van der Waals surface area contributed by atoms with E-state index in [9.17, 15) is 14.4 Å². The average molecular weight is 436 g/mol. The third-order valence-electron chi connectivity index (χ3n) is 4.93. The maximum Gasteiger partial charge on any atom is 0.265 e. The molecule has 3 aromatic rings. The van der Waals surface area contributed by atoms with Crippen LogP contribution in [-0.2, 0) is 4.79 Å². The summed E-state index contributed by atoms with van der Waals surface area (Å²) in [6, 6.07) is 15.5. The van der Waals surface area contributed by atoms with Crippen LogP contribution in [0, 0.1) is 0 Å². The van der Waals surface area contributed by atoms with Gasteiger partial charge in [-0.1, -0.05) is 12.1 Å². The van der Waals surface area contributed by atoms with Gasteiger partial charge in [-0.05, 0) is 48.2 Å². The average Bonchev–Trinajstić information content (AvgIpc) is 3.46. The number of amides is 3. The van der Waals surface area contributed by atoms with E-state index in [1.54, 1.807) is 53.4 Å². The van der Waals surface area contributed by atoms with Crippen molar-refractivity contribution >= 4 is 46.1 Å². The standard InChI is InChI=1S/C23H21N3O4S/c1-30-19-14-17(9-10-18(19)26-11-3-8-21(26)27)24-22(28)15-5-2-6-16(13-15)25-23(29)20-7-4-12-31-20/h2,4-7,9-10,12-14H,3,8,11H2,1H3,(H,24,28)(H,25,29). The number of methoxy groups -OCH3 is 1. The van der Waals surface area contributed by atoms with Crippen LogP contribution in [0.3, 0.4) is 0 Å². The first kappa shape index (κ1) is 20.6. The summed E-state index contributed by atoms with van der Waals surface area (Å²) >= 11 is 1.35. The summed E-state index contributed by atoms with van der Waals surface area (Å²) in [6.07, 6.45) is 1.35. The zero-order valence-corrected chi connectivity index (χ0v) is 17.7. The van der Waals surface area contributed by atoms with E-state index in [0.29, 0.717) is 46.2 Å². The van der Waals surface area contributed by atoms with Crippen LogP contribution in [-0.4, -0.2) is 31.4 Å². The molecular weight excluding hydrogens is 414 g/mol. The maximum atomic E-state index is 12.7. The van der Waals surface area contributed by atoms with Crippen molar-refractivity contribution in [1.82, 2.24) is 0 Å². The summed E-state index contributed by atoms with van der Waals surface area (Å²) in [7, 11) is 1.53. The number of carbonyl (C=O) groups excluding carboxylic acids is 3. The highest BCUT2D eigenvalue weighted by molar-refractivity contribution is 7.12. The van der Waals surface area contributed by atoms with E-state index >= 15 is 0 Å². The minimum atomic E-state index is -0.320. The van der Waals surface area contributed by atoms with Gasteiger partial charge < -0.3 is 20.3 Å². The second-order valence-corrected chi connectivity index (χ2v) is 7.95. The molecule has 1 saturated heterocycles. The van der Waals surface area contributed by atoms with Gasteiger partial charge in [-0.25, -0.2) is 0 Å². The predicted molar refractivity (Wildman–Crippen MR) is 121 cm³/mol. The van der Waals surface area contributed by atoms with Crippen LogP contribution in [0.2, 0.25) is 0 Å². The fraction of sp³-hybridized carbons (Fsp3) is 0.174. The Balaban J connectivity index is 1.48. The molecule has 1 fully saturated rings. The maximum absolute atomic E-state index is 12.7. The van der Waals surface area contributed by atoms with E-state index < -0.39 is 0 Å². The number of nitrogens with one attached hydrogen (secondary N) is 2. The van der Waals surface area contributed by atoms with Crippen molar-refractivity contribution in [2.45, 2.75) is 12.8 Å².